The molecule has 0 amide bonds. The Labute approximate surface area is 361 Å². The van der Waals surface area contributed by atoms with Gasteiger partial charge in [0.05, 0.1) is 16.7 Å². The second kappa shape index (κ2) is 14.9. The maximum Gasteiger partial charge on any atom is 0.166 e. The van der Waals surface area contributed by atoms with Gasteiger partial charge >= 0.3 is 0 Å². The molecular formula is C56H35N5S. The van der Waals surface area contributed by atoms with Gasteiger partial charge in [-0.3, -0.25) is 4.98 Å². The van der Waals surface area contributed by atoms with Crippen LogP contribution in [0.2, 0.25) is 0 Å². The minimum Gasteiger partial charge on any atom is -0.309 e. The zero-order chi connectivity index (χ0) is 41.0. The fraction of sp³-hybridized carbons (Fsp3) is 0. The molecule has 8 aromatic carbocycles. The third-order valence-corrected chi connectivity index (χ3v) is 12.8. The first-order valence-corrected chi connectivity index (χ1v) is 21.5. The second-order valence-corrected chi connectivity index (χ2v) is 16.5. The summed E-state index contributed by atoms with van der Waals surface area (Å²) >= 11 is 1.82. The molecule has 0 radical (unpaired) electrons. The molecule has 0 atom stereocenters. The molecule has 0 aliphatic heterocycles. The average Bonchev–Trinajstić information content (AvgIpc) is 3.89. The van der Waals surface area contributed by atoms with Crippen LogP contribution < -0.4 is 0 Å². The molecule has 62 heavy (non-hydrogen) atoms. The van der Waals surface area contributed by atoms with E-state index in [9.17, 15) is 0 Å². The summed E-state index contributed by atoms with van der Waals surface area (Å²) in [5, 5.41) is 4.81. The Morgan fingerprint density at radius 2 is 0.919 bits per heavy atom. The normalized spacial score (nSPS) is 11.5. The predicted octanol–water partition coefficient (Wildman–Crippen LogP) is 14.7. The molecule has 0 saturated carbocycles. The molecule has 0 saturated heterocycles. The van der Waals surface area contributed by atoms with E-state index >= 15 is 0 Å². The highest BCUT2D eigenvalue weighted by atomic mass is 32.1. The van der Waals surface area contributed by atoms with Gasteiger partial charge in [-0.15, -0.1) is 11.3 Å². The van der Waals surface area contributed by atoms with Crippen LogP contribution in [0.5, 0.6) is 0 Å². The molecule has 0 aliphatic carbocycles. The number of para-hydroxylation sites is 2. The third-order valence-electron chi connectivity index (χ3n) is 11.7. The summed E-state index contributed by atoms with van der Waals surface area (Å²) in [6, 6.07) is 72.3. The first kappa shape index (κ1) is 35.8. The first-order chi connectivity index (χ1) is 30.7. The van der Waals surface area contributed by atoms with Crippen LogP contribution in [0.4, 0.5) is 0 Å². The van der Waals surface area contributed by atoms with Crippen molar-refractivity contribution in [3.63, 3.8) is 0 Å². The van der Waals surface area contributed by atoms with Crippen molar-refractivity contribution < 1.29 is 0 Å². The molecule has 12 aromatic rings. The summed E-state index contributed by atoms with van der Waals surface area (Å²) in [6.07, 6.45) is 2.01. The summed E-state index contributed by atoms with van der Waals surface area (Å²) in [6.45, 7) is 0. The number of hydrogen-bond donors (Lipinski definition) is 0. The van der Waals surface area contributed by atoms with Gasteiger partial charge in [0.2, 0.25) is 0 Å². The van der Waals surface area contributed by atoms with Gasteiger partial charge in [0.1, 0.15) is 0 Å². The summed E-state index contributed by atoms with van der Waals surface area (Å²) in [7, 11) is 0. The van der Waals surface area contributed by atoms with Gasteiger partial charge in [0.15, 0.2) is 17.5 Å². The predicted molar refractivity (Wildman–Crippen MR) is 257 cm³/mol. The second-order valence-electron chi connectivity index (χ2n) is 15.4. The Hall–Kier alpha value is -8.06. The number of aromatic nitrogens is 5. The van der Waals surface area contributed by atoms with Crippen LogP contribution in [0, 0.1) is 0 Å². The molecule has 0 aliphatic rings. The fourth-order valence-corrected chi connectivity index (χ4v) is 10.0. The molecule has 290 valence electrons. The average molecular weight is 810 g/mol. The van der Waals surface area contributed by atoms with Gasteiger partial charge < -0.3 is 4.57 Å². The summed E-state index contributed by atoms with van der Waals surface area (Å²) < 4.78 is 4.81. The van der Waals surface area contributed by atoms with Crippen molar-refractivity contribution in [2.75, 3.05) is 0 Å². The zero-order valence-corrected chi connectivity index (χ0v) is 34.2. The van der Waals surface area contributed by atoms with Gasteiger partial charge in [-0.1, -0.05) is 164 Å². The Morgan fingerprint density at radius 1 is 0.355 bits per heavy atom. The molecular weight excluding hydrogens is 775 g/mol. The number of hydrogen-bond acceptors (Lipinski definition) is 5. The minimum absolute atomic E-state index is 0.558. The van der Waals surface area contributed by atoms with Gasteiger partial charge in [-0.2, -0.15) is 0 Å². The Balaban J connectivity index is 1.15. The summed E-state index contributed by atoms with van der Waals surface area (Å²) in [5.74, 6) is 1.76. The van der Waals surface area contributed by atoms with Crippen LogP contribution >= 0.6 is 11.3 Å². The van der Waals surface area contributed by atoms with Crippen molar-refractivity contribution in [1.82, 2.24) is 24.5 Å². The molecule has 6 heteroatoms. The van der Waals surface area contributed by atoms with Crippen molar-refractivity contribution in [3.8, 4) is 73.4 Å². The van der Waals surface area contributed by atoms with E-state index in [-0.39, 0.29) is 0 Å². The molecule has 0 bridgehead atoms. The van der Waals surface area contributed by atoms with Gasteiger partial charge in [-0.05, 0) is 59.2 Å². The Morgan fingerprint density at radius 3 is 1.61 bits per heavy atom. The lowest BCUT2D eigenvalue weighted by Crippen LogP contribution is -2.02. The lowest BCUT2D eigenvalue weighted by molar-refractivity contribution is 1.07. The topological polar surface area (TPSA) is 56.5 Å². The maximum atomic E-state index is 5.44. The molecule has 0 spiro atoms. The fourth-order valence-electron chi connectivity index (χ4n) is 8.87. The van der Waals surface area contributed by atoms with Crippen LogP contribution in [0.25, 0.3) is 115 Å². The molecule has 4 heterocycles. The zero-order valence-electron chi connectivity index (χ0n) is 33.4. The van der Waals surface area contributed by atoms with Crippen LogP contribution in [0.1, 0.15) is 0 Å². The summed E-state index contributed by atoms with van der Waals surface area (Å²) in [4.78, 5) is 21.1. The molecule has 12 rings (SSSR count). The third kappa shape index (κ3) is 6.08. The lowest BCUT2D eigenvalue weighted by atomic mass is 9.93. The monoisotopic (exact) mass is 809 g/mol. The van der Waals surface area contributed by atoms with Crippen molar-refractivity contribution >= 4 is 53.3 Å². The van der Waals surface area contributed by atoms with Crippen LogP contribution in [0.3, 0.4) is 0 Å². The Kier molecular flexibility index (Phi) is 8.61. The van der Waals surface area contributed by atoms with Gasteiger partial charge in [0.25, 0.3) is 0 Å². The van der Waals surface area contributed by atoms with Crippen molar-refractivity contribution in [1.29, 1.82) is 0 Å². The van der Waals surface area contributed by atoms with E-state index in [1.54, 1.807) is 0 Å². The van der Waals surface area contributed by atoms with E-state index in [1.807, 2.05) is 78.2 Å². The molecule has 5 nitrogen and oxygen atoms in total. The van der Waals surface area contributed by atoms with Crippen LogP contribution in [-0.4, -0.2) is 24.5 Å². The lowest BCUT2D eigenvalue weighted by Gasteiger charge is -2.15. The number of fused-ring (bicyclic) bond motifs is 6. The molecule has 0 unspecified atom stereocenters. The van der Waals surface area contributed by atoms with E-state index in [0.717, 1.165) is 66.8 Å². The quantitative estimate of drug-likeness (QED) is 0.161. The highest BCUT2D eigenvalue weighted by molar-refractivity contribution is 7.26. The van der Waals surface area contributed by atoms with Crippen molar-refractivity contribution in [2.45, 2.75) is 0 Å². The maximum absolute atomic E-state index is 5.44. The first-order valence-electron chi connectivity index (χ1n) is 20.7. The van der Waals surface area contributed by atoms with E-state index in [0.29, 0.717) is 17.5 Å². The number of rotatable bonds is 7. The largest absolute Gasteiger partial charge is 0.309 e. The number of benzene rings is 8. The SMILES string of the molecule is c1ccc(-c2nc(-c3ccccc3)nc(-c3cc(-c4ccccc4-c4ccccc4)cnc3-c3cccc4sc5cc6c7ccccc7n(-c7ccccc7)c6cc5c34)n2)cc1. The number of thiophene rings is 1. The molecule has 0 fully saturated rings. The van der Waals surface area contributed by atoms with Gasteiger partial charge in [0, 0.05) is 70.6 Å². The van der Waals surface area contributed by atoms with E-state index in [1.165, 1.54) is 31.1 Å². The highest BCUT2D eigenvalue weighted by Gasteiger charge is 2.23. The van der Waals surface area contributed by atoms with E-state index in [2.05, 4.69) is 150 Å². The van der Waals surface area contributed by atoms with Crippen LogP contribution in [0.15, 0.2) is 212 Å². The van der Waals surface area contributed by atoms with Gasteiger partial charge in [-0.25, -0.2) is 15.0 Å². The van der Waals surface area contributed by atoms with Crippen LogP contribution in [-0.2, 0) is 0 Å². The minimum atomic E-state index is 0.558. The molecule has 4 aromatic heterocycles. The number of pyridine rings is 1. The summed E-state index contributed by atoms with van der Waals surface area (Å²) in [5.41, 5.74) is 12.3. The standard InChI is InChI=1S/C56H35N5S/c1-5-18-36(19-6-1)41-26-13-14-27-42(41)39-32-47(56-59-54(37-20-7-2-8-21-37)58-55(60-56)38-22-9-3-10-23-38)53(57-35-39)44-29-17-31-50-52(44)46-33-49-45(34-51(46)62-50)43-28-15-16-30-48(43)61(49)40-24-11-4-12-25-40/h1-35H. The van der Waals surface area contributed by atoms with Crippen molar-refractivity contribution in [3.05, 3.63) is 212 Å². The smallest absolute Gasteiger partial charge is 0.166 e. The highest BCUT2D eigenvalue weighted by Crippen LogP contribution is 2.46. The number of nitrogens with zero attached hydrogens (tertiary/aromatic N) is 5. The van der Waals surface area contributed by atoms with E-state index < -0.39 is 0 Å². The van der Waals surface area contributed by atoms with E-state index in [4.69, 9.17) is 19.9 Å². The molecule has 0 N–H and O–H groups in total. The Bertz CT molecular complexity index is 3560. The van der Waals surface area contributed by atoms with Crippen molar-refractivity contribution in [2.24, 2.45) is 0 Å².